The van der Waals surface area contributed by atoms with E-state index in [9.17, 15) is 4.79 Å². The molecule has 0 spiro atoms. The highest BCUT2D eigenvalue weighted by Crippen LogP contribution is 2.33. The Morgan fingerprint density at radius 2 is 1.97 bits per heavy atom. The molecule has 5 aromatic heterocycles. The third kappa shape index (κ3) is 4.14. The normalized spacial score (nSPS) is 11.5. The quantitative estimate of drug-likeness (QED) is 0.253. The highest BCUT2D eigenvalue weighted by Gasteiger charge is 2.17. The number of anilines is 1. The van der Waals surface area contributed by atoms with Gasteiger partial charge in [-0.2, -0.15) is 5.10 Å². The summed E-state index contributed by atoms with van der Waals surface area (Å²) >= 11 is 1.64. The maximum absolute atomic E-state index is 12.2. The number of rotatable bonds is 6. The van der Waals surface area contributed by atoms with E-state index in [4.69, 9.17) is 4.98 Å². The van der Waals surface area contributed by atoms with Crippen molar-refractivity contribution in [3.05, 3.63) is 66.4 Å². The lowest BCUT2D eigenvalue weighted by Gasteiger charge is -2.09. The van der Waals surface area contributed by atoms with Crippen LogP contribution in [0.15, 0.2) is 66.4 Å². The van der Waals surface area contributed by atoms with Crippen molar-refractivity contribution in [3.63, 3.8) is 0 Å². The smallest absolute Gasteiger partial charge is 0.224 e. The summed E-state index contributed by atoms with van der Waals surface area (Å²) in [4.78, 5) is 30.5. The van der Waals surface area contributed by atoms with Gasteiger partial charge in [-0.05, 0) is 47.2 Å². The molecule has 0 aliphatic rings. The van der Waals surface area contributed by atoms with Gasteiger partial charge in [-0.15, -0.1) is 11.3 Å². The molecule has 5 heterocycles. The summed E-state index contributed by atoms with van der Waals surface area (Å²) < 4.78 is 0. The van der Waals surface area contributed by atoms with Gasteiger partial charge in [0.1, 0.15) is 16.9 Å². The van der Waals surface area contributed by atoms with E-state index in [0.29, 0.717) is 23.9 Å². The van der Waals surface area contributed by atoms with Crippen LogP contribution in [0.2, 0.25) is 0 Å². The SMILES string of the molecule is CC(C)CC(=O)Nc1cncc(-c2ccc3[nH]nc(-c4nc5c(-c6cccs6)nccc5[nH]4)c3c2)c1. The summed E-state index contributed by atoms with van der Waals surface area (Å²) in [6.45, 7) is 4.04. The number of benzene rings is 1. The van der Waals surface area contributed by atoms with Gasteiger partial charge >= 0.3 is 0 Å². The number of hydrogen-bond acceptors (Lipinski definition) is 6. The van der Waals surface area contributed by atoms with Crippen LogP contribution in [0.3, 0.4) is 0 Å². The molecule has 0 unspecified atom stereocenters. The van der Waals surface area contributed by atoms with Gasteiger partial charge in [0.05, 0.1) is 27.8 Å². The second-order valence-corrected chi connectivity index (χ2v) is 10.0. The molecule has 9 heteroatoms. The number of nitrogens with one attached hydrogen (secondary N) is 3. The van der Waals surface area contributed by atoms with E-state index < -0.39 is 0 Å². The molecular weight excluding hydrogens is 470 g/mol. The van der Waals surface area contributed by atoms with Crippen LogP contribution in [0.5, 0.6) is 0 Å². The average Bonchev–Trinajstić information content (AvgIpc) is 3.62. The predicted octanol–water partition coefficient (Wildman–Crippen LogP) is 6.28. The van der Waals surface area contributed by atoms with Crippen LogP contribution >= 0.6 is 11.3 Å². The first-order valence-electron chi connectivity index (χ1n) is 11.7. The Morgan fingerprint density at radius 1 is 1.06 bits per heavy atom. The molecule has 6 rings (SSSR count). The molecule has 8 nitrogen and oxygen atoms in total. The van der Waals surface area contributed by atoms with Gasteiger partial charge in [0.2, 0.25) is 5.91 Å². The standard InChI is InChI=1S/C27H23N7OS/c1-15(2)10-23(35)30-18-11-17(13-28-14-18)16-5-6-20-19(12-16)24(34-33-20)27-31-21-7-8-29-26(25(21)32-27)22-4-3-9-36-22/h3-9,11-15H,10H2,1-2H3,(H,30,35)(H,31,32)(H,33,34). The zero-order chi connectivity index (χ0) is 24.6. The van der Waals surface area contributed by atoms with E-state index >= 15 is 0 Å². The first kappa shape index (κ1) is 22.1. The molecule has 0 radical (unpaired) electrons. The number of thiophene rings is 1. The Hall–Kier alpha value is -4.37. The highest BCUT2D eigenvalue weighted by atomic mass is 32.1. The Bertz CT molecular complexity index is 1700. The molecule has 178 valence electrons. The molecule has 0 fully saturated rings. The van der Waals surface area contributed by atoms with Crippen LogP contribution in [0, 0.1) is 5.92 Å². The maximum atomic E-state index is 12.2. The van der Waals surface area contributed by atoms with Crippen molar-refractivity contribution in [3.8, 4) is 33.2 Å². The lowest BCUT2D eigenvalue weighted by molar-refractivity contribution is -0.116. The minimum atomic E-state index is -0.0159. The molecule has 0 atom stereocenters. The van der Waals surface area contributed by atoms with E-state index in [1.54, 1.807) is 29.9 Å². The second kappa shape index (κ2) is 9.01. The number of carbonyl (C=O) groups is 1. The third-order valence-electron chi connectivity index (χ3n) is 5.89. The number of carbonyl (C=O) groups excluding carboxylic acids is 1. The molecule has 0 aliphatic heterocycles. The second-order valence-electron chi connectivity index (χ2n) is 9.06. The summed E-state index contributed by atoms with van der Waals surface area (Å²) in [5, 5.41) is 13.6. The Balaban J connectivity index is 1.38. The van der Waals surface area contributed by atoms with Crippen molar-refractivity contribution >= 4 is 44.9 Å². The summed E-state index contributed by atoms with van der Waals surface area (Å²) in [5.41, 5.74) is 6.76. The van der Waals surface area contributed by atoms with E-state index in [2.05, 4.69) is 36.5 Å². The summed E-state index contributed by atoms with van der Waals surface area (Å²) in [5.74, 6) is 0.948. The Labute approximate surface area is 210 Å². The molecular formula is C27H23N7OS. The van der Waals surface area contributed by atoms with Crippen LogP contribution in [-0.2, 0) is 4.79 Å². The van der Waals surface area contributed by atoms with Crippen molar-refractivity contribution in [1.82, 2.24) is 30.1 Å². The Kier molecular flexibility index (Phi) is 5.54. The Morgan fingerprint density at radius 3 is 2.81 bits per heavy atom. The maximum Gasteiger partial charge on any atom is 0.224 e. The van der Waals surface area contributed by atoms with Gasteiger partial charge in [0.15, 0.2) is 5.82 Å². The third-order valence-corrected chi connectivity index (χ3v) is 6.77. The zero-order valence-electron chi connectivity index (χ0n) is 19.7. The highest BCUT2D eigenvalue weighted by molar-refractivity contribution is 7.13. The largest absolute Gasteiger partial charge is 0.336 e. The van der Waals surface area contributed by atoms with Crippen LogP contribution < -0.4 is 5.32 Å². The minimum Gasteiger partial charge on any atom is -0.336 e. The number of H-pyrrole nitrogens is 2. The predicted molar refractivity (Wildman–Crippen MR) is 144 cm³/mol. The molecule has 1 aromatic carbocycles. The first-order valence-corrected chi connectivity index (χ1v) is 12.6. The lowest BCUT2D eigenvalue weighted by Crippen LogP contribution is -2.13. The molecule has 1 amide bonds. The molecule has 3 N–H and O–H groups in total. The fourth-order valence-electron chi connectivity index (χ4n) is 4.26. The van der Waals surface area contributed by atoms with Gasteiger partial charge in [0.25, 0.3) is 0 Å². The topological polar surface area (TPSA) is 112 Å². The fourth-order valence-corrected chi connectivity index (χ4v) is 4.99. The number of hydrogen-bond donors (Lipinski definition) is 3. The van der Waals surface area contributed by atoms with E-state index in [1.165, 1.54) is 0 Å². The fraction of sp³-hybridized carbons (Fsp3) is 0.148. The van der Waals surface area contributed by atoms with Gasteiger partial charge in [-0.1, -0.05) is 26.0 Å². The van der Waals surface area contributed by atoms with Crippen LogP contribution in [0.1, 0.15) is 20.3 Å². The summed E-state index contributed by atoms with van der Waals surface area (Å²) in [6.07, 6.45) is 5.71. The van der Waals surface area contributed by atoms with Crippen LogP contribution in [0.4, 0.5) is 5.69 Å². The molecule has 6 aromatic rings. The number of fused-ring (bicyclic) bond motifs is 2. The molecule has 0 aliphatic carbocycles. The number of amides is 1. The zero-order valence-corrected chi connectivity index (χ0v) is 20.6. The average molecular weight is 494 g/mol. The molecule has 0 bridgehead atoms. The van der Waals surface area contributed by atoms with Crippen molar-refractivity contribution in [1.29, 1.82) is 0 Å². The van der Waals surface area contributed by atoms with E-state index in [1.807, 2.05) is 55.6 Å². The number of aromatic amines is 2. The summed E-state index contributed by atoms with van der Waals surface area (Å²) in [6, 6.07) is 14.0. The lowest BCUT2D eigenvalue weighted by atomic mass is 10.0. The van der Waals surface area contributed by atoms with Gasteiger partial charge < -0.3 is 10.3 Å². The van der Waals surface area contributed by atoms with Crippen molar-refractivity contribution in [2.75, 3.05) is 5.32 Å². The minimum absolute atomic E-state index is 0.0159. The molecule has 36 heavy (non-hydrogen) atoms. The van der Waals surface area contributed by atoms with Crippen molar-refractivity contribution in [2.24, 2.45) is 5.92 Å². The number of imidazole rings is 1. The van der Waals surface area contributed by atoms with Gasteiger partial charge in [-0.3, -0.25) is 19.9 Å². The molecule has 0 saturated carbocycles. The van der Waals surface area contributed by atoms with Crippen molar-refractivity contribution in [2.45, 2.75) is 20.3 Å². The van der Waals surface area contributed by atoms with E-state index in [-0.39, 0.29) is 5.91 Å². The van der Waals surface area contributed by atoms with E-state index in [0.717, 1.165) is 49.3 Å². The monoisotopic (exact) mass is 493 g/mol. The summed E-state index contributed by atoms with van der Waals surface area (Å²) in [7, 11) is 0. The molecule has 0 saturated heterocycles. The van der Waals surface area contributed by atoms with Gasteiger partial charge in [-0.25, -0.2) is 4.98 Å². The number of aromatic nitrogens is 6. The van der Waals surface area contributed by atoms with Gasteiger partial charge in [0, 0.05) is 29.8 Å². The number of pyridine rings is 2. The van der Waals surface area contributed by atoms with Crippen LogP contribution in [-0.4, -0.2) is 36.0 Å². The first-order chi connectivity index (χ1) is 17.5. The van der Waals surface area contributed by atoms with Crippen LogP contribution in [0.25, 0.3) is 55.2 Å². The van der Waals surface area contributed by atoms with Crippen molar-refractivity contribution < 1.29 is 4.79 Å². The number of nitrogens with zero attached hydrogens (tertiary/aromatic N) is 4.